The monoisotopic (exact) mass is 208 g/mol. The lowest BCUT2D eigenvalue weighted by molar-refractivity contribution is -0.132. The van der Waals surface area contributed by atoms with E-state index in [1.807, 2.05) is 0 Å². The van der Waals surface area contributed by atoms with Crippen LogP contribution >= 0.6 is 0 Å². The van der Waals surface area contributed by atoms with E-state index >= 15 is 0 Å². The molecule has 0 bridgehead atoms. The van der Waals surface area contributed by atoms with Crippen molar-refractivity contribution in [3.8, 4) is 11.5 Å². The molecule has 0 aliphatic heterocycles. The summed E-state index contributed by atoms with van der Waals surface area (Å²) in [5.41, 5.74) is 1.34. The van der Waals surface area contributed by atoms with E-state index in [0.717, 1.165) is 0 Å². The first-order chi connectivity index (χ1) is 6.93. The maximum atomic E-state index is 10.7. The predicted octanol–water partition coefficient (Wildman–Crippen LogP) is 1.98. The second kappa shape index (κ2) is 4.04. The van der Waals surface area contributed by atoms with E-state index in [-0.39, 0.29) is 17.1 Å². The van der Waals surface area contributed by atoms with Crippen LogP contribution in [-0.2, 0) is 4.79 Å². The summed E-state index contributed by atoms with van der Waals surface area (Å²) >= 11 is 0. The third-order valence-corrected chi connectivity index (χ3v) is 2.29. The molecule has 4 nitrogen and oxygen atoms in total. The van der Waals surface area contributed by atoms with E-state index in [1.54, 1.807) is 13.0 Å². The van der Waals surface area contributed by atoms with Crippen LogP contribution in [0.2, 0.25) is 0 Å². The Labute approximate surface area is 87.1 Å². The van der Waals surface area contributed by atoms with Crippen LogP contribution in [-0.4, -0.2) is 21.3 Å². The first-order valence-electron chi connectivity index (χ1n) is 4.36. The molecule has 0 aromatic heterocycles. The highest BCUT2D eigenvalue weighted by atomic mass is 16.4. The van der Waals surface area contributed by atoms with Gasteiger partial charge < -0.3 is 15.3 Å². The van der Waals surface area contributed by atoms with E-state index in [9.17, 15) is 9.90 Å². The number of carbonyl (C=O) groups is 1. The molecule has 4 heteroatoms. The quantitative estimate of drug-likeness (QED) is 0.513. The minimum absolute atomic E-state index is 0.208. The number of aliphatic carboxylic acids is 1. The summed E-state index contributed by atoms with van der Waals surface area (Å²) < 4.78 is 0. The topological polar surface area (TPSA) is 77.8 Å². The maximum Gasteiger partial charge on any atom is 0.331 e. The van der Waals surface area contributed by atoms with Crippen molar-refractivity contribution in [1.29, 1.82) is 0 Å². The second-order valence-corrected chi connectivity index (χ2v) is 3.26. The van der Waals surface area contributed by atoms with Crippen LogP contribution in [0, 0.1) is 0 Å². The zero-order chi connectivity index (χ0) is 11.6. The molecule has 0 atom stereocenters. The summed E-state index contributed by atoms with van der Waals surface area (Å²) in [5.74, 6) is -1.48. The Kier molecular flexibility index (Phi) is 2.99. The summed E-state index contributed by atoms with van der Waals surface area (Å²) in [4.78, 5) is 10.7. The van der Waals surface area contributed by atoms with Crippen molar-refractivity contribution in [3.63, 3.8) is 0 Å². The van der Waals surface area contributed by atoms with Crippen molar-refractivity contribution in [2.75, 3.05) is 0 Å². The van der Waals surface area contributed by atoms with Crippen LogP contribution in [0.25, 0.3) is 5.57 Å². The van der Waals surface area contributed by atoms with Crippen molar-refractivity contribution in [1.82, 2.24) is 0 Å². The molecule has 1 aromatic carbocycles. The number of hydrogen-bond donors (Lipinski definition) is 3. The average molecular weight is 208 g/mol. The van der Waals surface area contributed by atoms with Crippen molar-refractivity contribution < 1.29 is 20.1 Å². The fourth-order valence-corrected chi connectivity index (χ4v) is 1.13. The second-order valence-electron chi connectivity index (χ2n) is 3.26. The van der Waals surface area contributed by atoms with E-state index in [2.05, 4.69) is 0 Å². The maximum absolute atomic E-state index is 10.7. The lowest BCUT2D eigenvalue weighted by Gasteiger charge is -2.06. The Hall–Kier alpha value is -1.97. The van der Waals surface area contributed by atoms with Gasteiger partial charge in [-0.2, -0.15) is 0 Å². The standard InChI is InChI=1S/C11H12O4/c1-6(7(2)11(14)15)8-3-4-9(12)10(13)5-8/h3-5,12-13H,1-2H3,(H,14,15). The molecule has 0 spiro atoms. The summed E-state index contributed by atoms with van der Waals surface area (Å²) in [5, 5.41) is 27.1. The molecular formula is C11H12O4. The van der Waals surface area contributed by atoms with Gasteiger partial charge in [-0.25, -0.2) is 4.79 Å². The molecule has 3 N–H and O–H groups in total. The Morgan fingerprint density at radius 3 is 2.20 bits per heavy atom. The molecule has 0 fully saturated rings. The molecule has 0 saturated carbocycles. The van der Waals surface area contributed by atoms with Crippen molar-refractivity contribution in [2.24, 2.45) is 0 Å². The lowest BCUT2D eigenvalue weighted by Crippen LogP contribution is -1.99. The van der Waals surface area contributed by atoms with Gasteiger partial charge in [-0.3, -0.25) is 0 Å². The zero-order valence-corrected chi connectivity index (χ0v) is 8.48. The van der Waals surface area contributed by atoms with Gasteiger partial charge in [0.2, 0.25) is 0 Å². The summed E-state index contributed by atoms with van der Waals surface area (Å²) in [6.45, 7) is 3.14. The predicted molar refractivity (Wildman–Crippen MR) is 55.7 cm³/mol. The Balaban J connectivity index is 3.23. The van der Waals surface area contributed by atoms with Gasteiger partial charge in [-0.05, 0) is 37.1 Å². The van der Waals surface area contributed by atoms with Gasteiger partial charge >= 0.3 is 5.97 Å². The molecular weight excluding hydrogens is 196 g/mol. The normalized spacial score (nSPS) is 12.1. The first-order valence-corrected chi connectivity index (χ1v) is 4.36. The molecule has 0 unspecified atom stereocenters. The lowest BCUT2D eigenvalue weighted by atomic mass is 10.0. The number of hydrogen-bond acceptors (Lipinski definition) is 3. The fraction of sp³-hybridized carbons (Fsp3) is 0.182. The van der Waals surface area contributed by atoms with Gasteiger partial charge in [0.15, 0.2) is 11.5 Å². The van der Waals surface area contributed by atoms with Crippen molar-refractivity contribution in [2.45, 2.75) is 13.8 Å². The Bertz CT molecular complexity index is 432. The van der Waals surface area contributed by atoms with Gasteiger partial charge in [-0.15, -0.1) is 0 Å². The number of carboxylic acids is 1. The molecule has 80 valence electrons. The molecule has 15 heavy (non-hydrogen) atoms. The zero-order valence-electron chi connectivity index (χ0n) is 8.48. The van der Waals surface area contributed by atoms with Crippen molar-refractivity contribution >= 4 is 11.5 Å². The average Bonchev–Trinajstić information content (AvgIpc) is 2.19. The number of allylic oxidation sites excluding steroid dienone is 1. The fourth-order valence-electron chi connectivity index (χ4n) is 1.13. The minimum Gasteiger partial charge on any atom is -0.504 e. The van der Waals surface area contributed by atoms with Crippen LogP contribution in [0.15, 0.2) is 23.8 Å². The first kappa shape index (κ1) is 11.1. The van der Waals surface area contributed by atoms with Gasteiger partial charge in [0.25, 0.3) is 0 Å². The van der Waals surface area contributed by atoms with Crippen LogP contribution in [0.1, 0.15) is 19.4 Å². The minimum atomic E-state index is -1.000. The Morgan fingerprint density at radius 2 is 1.73 bits per heavy atom. The Morgan fingerprint density at radius 1 is 1.13 bits per heavy atom. The highest BCUT2D eigenvalue weighted by Gasteiger charge is 2.08. The van der Waals surface area contributed by atoms with Crippen LogP contribution < -0.4 is 0 Å². The molecule has 0 amide bonds. The van der Waals surface area contributed by atoms with E-state index < -0.39 is 5.97 Å². The van der Waals surface area contributed by atoms with Gasteiger partial charge in [0.1, 0.15) is 0 Å². The molecule has 0 radical (unpaired) electrons. The number of phenolic OH excluding ortho intramolecular Hbond substituents is 2. The smallest absolute Gasteiger partial charge is 0.331 e. The number of phenols is 2. The van der Waals surface area contributed by atoms with E-state index in [4.69, 9.17) is 10.2 Å². The molecule has 0 saturated heterocycles. The summed E-state index contributed by atoms with van der Waals surface area (Å²) in [7, 11) is 0. The number of benzene rings is 1. The summed E-state index contributed by atoms with van der Waals surface area (Å²) in [6.07, 6.45) is 0. The highest BCUT2D eigenvalue weighted by Crippen LogP contribution is 2.29. The molecule has 0 aliphatic rings. The number of carboxylic acid groups (broad SMARTS) is 1. The van der Waals surface area contributed by atoms with Gasteiger partial charge in [0, 0.05) is 5.57 Å². The van der Waals surface area contributed by atoms with Crippen LogP contribution in [0.3, 0.4) is 0 Å². The third-order valence-electron chi connectivity index (χ3n) is 2.29. The van der Waals surface area contributed by atoms with Gasteiger partial charge in [-0.1, -0.05) is 6.07 Å². The highest BCUT2D eigenvalue weighted by molar-refractivity contribution is 5.95. The molecule has 1 rings (SSSR count). The van der Waals surface area contributed by atoms with E-state index in [1.165, 1.54) is 19.1 Å². The van der Waals surface area contributed by atoms with Gasteiger partial charge in [0.05, 0.1) is 0 Å². The van der Waals surface area contributed by atoms with Crippen LogP contribution in [0.5, 0.6) is 11.5 Å². The molecule has 1 aromatic rings. The summed E-state index contributed by atoms with van der Waals surface area (Å²) in [6, 6.07) is 4.21. The third kappa shape index (κ3) is 2.28. The number of rotatable bonds is 2. The molecule has 0 heterocycles. The largest absolute Gasteiger partial charge is 0.504 e. The SMILES string of the molecule is CC(C(=O)O)=C(C)c1ccc(O)c(O)c1. The molecule has 0 aliphatic carbocycles. The van der Waals surface area contributed by atoms with Crippen molar-refractivity contribution in [3.05, 3.63) is 29.3 Å². The van der Waals surface area contributed by atoms with Crippen LogP contribution in [0.4, 0.5) is 0 Å². The number of aromatic hydroxyl groups is 2. The van der Waals surface area contributed by atoms with E-state index in [0.29, 0.717) is 11.1 Å².